The number of aliphatic hydroxyl groups excluding tert-OH is 1. The standard InChI is InChI=1S/C26H32N4O8/c1-5-36-20-11-16(7-9-18(20)31)13-27-30-22(32)14-38-19-10-8-17(12-21(19)37-6-2)24-23(25(33)35-4)15(3)28-26(34)29-24/h7-13,22,24,30-32H,5-6,14H2,1-4H3,(H2,28,29,34)/b27-13-/t22-,24-/m0/s1. The lowest BCUT2D eigenvalue weighted by Gasteiger charge is -2.28. The number of aromatic hydroxyl groups is 1. The third kappa shape index (κ3) is 7.07. The number of nitrogens with one attached hydrogen (secondary N) is 3. The zero-order chi connectivity index (χ0) is 27.7. The summed E-state index contributed by atoms with van der Waals surface area (Å²) in [7, 11) is 1.27. The molecule has 1 aliphatic heterocycles. The maximum atomic E-state index is 12.4. The highest BCUT2D eigenvalue weighted by molar-refractivity contribution is 5.95. The van der Waals surface area contributed by atoms with Crippen LogP contribution >= 0.6 is 0 Å². The van der Waals surface area contributed by atoms with Crippen molar-refractivity contribution in [3.05, 3.63) is 58.8 Å². The lowest BCUT2D eigenvalue weighted by molar-refractivity contribution is -0.136. The number of nitrogens with zero attached hydrogens (tertiary/aromatic N) is 1. The number of aliphatic hydroxyl groups is 1. The van der Waals surface area contributed by atoms with Crippen LogP contribution in [-0.2, 0) is 9.53 Å². The monoisotopic (exact) mass is 528 g/mol. The lowest BCUT2D eigenvalue weighted by Crippen LogP contribution is -2.45. The Kier molecular flexibility index (Phi) is 9.77. The number of carbonyl (C=O) groups excluding carboxylic acids is 2. The number of rotatable bonds is 12. The number of allylic oxidation sites excluding steroid dienone is 1. The molecule has 5 N–H and O–H groups in total. The second-order valence-electron chi connectivity index (χ2n) is 8.08. The second-order valence-corrected chi connectivity index (χ2v) is 8.08. The summed E-state index contributed by atoms with van der Waals surface area (Å²) < 4.78 is 21.7. The number of esters is 1. The molecule has 0 aliphatic carbocycles. The molecule has 0 spiro atoms. The Morgan fingerprint density at radius 1 is 1.11 bits per heavy atom. The third-order valence-corrected chi connectivity index (χ3v) is 5.39. The van der Waals surface area contributed by atoms with Crippen LogP contribution in [0.25, 0.3) is 0 Å². The molecule has 3 rings (SSSR count). The van der Waals surface area contributed by atoms with Crippen molar-refractivity contribution in [1.82, 2.24) is 16.1 Å². The highest BCUT2D eigenvalue weighted by Crippen LogP contribution is 2.35. The molecule has 0 saturated heterocycles. The summed E-state index contributed by atoms with van der Waals surface area (Å²) >= 11 is 0. The van der Waals surface area contributed by atoms with Gasteiger partial charge in [-0.15, -0.1) is 0 Å². The van der Waals surface area contributed by atoms with Crippen molar-refractivity contribution in [2.45, 2.75) is 33.0 Å². The Labute approximate surface area is 220 Å². The van der Waals surface area contributed by atoms with Crippen molar-refractivity contribution in [3.8, 4) is 23.0 Å². The summed E-state index contributed by atoms with van der Waals surface area (Å²) in [6.45, 7) is 5.81. The van der Waals surface area contributed by atoms with E-state index in [-0.39, 0.29) is 17.9 Å². The van der Waals surface area contributed by atoms with E-state index in [0.717, 1.165) is 0 Å². The van der Waals surface area contributed by atoms with Crippen LogP contribution in [-0.4, -0.2) is 61.6 Å². The first-order valence-electron chi connectivity index (χ1n) is 12.0. The van der Waals surface area contributed by atoms with E-state index in [1.165, 1.54) is 19.4 Å². The molecular formula is C26H32N4O8. The van der Waals surface area contributed by atoms with Crippen molar-refractivity contribution < 1.29 is 38.7 Å². The van der Waals surface area contributed by atoms with Gasteiger partial charge in [0.15, 0.2) is 29.2 Å². The van der Waals surface area contributed by atoms with E-state index < -0.39 is 24.3 Å². The van der Waals surface area contributed by atoms with Gasteiger partial charge in [0.1, 0.15) is 6.61 Å². The molecule has 12 nitrogen and oxygen atoms in total. The highest BCUT2D eigenvalue weighted by Gasteiger charge is 2.32. The lowest BCUT2D eigenvalue weighted by atomic mass is 9.95. The topological polar surface area (TPSA) is 160 Å². The number of phenolic OH excluding ortho intramolecular Hbond substituents is 1. The van der Waals surface area contributed by atoms with Gasteiger partial charge in [0.2, 0.25) is 0 Å². The van der Waals surface area contributed by atoms with Gasteiger partial charge in [0.05, 0.1) is 38.2 Å². The summed E-state index contributed by atoms with van der Waals surface area (Å²) in [6, 6.07) is 8.52. The Balaban J connectivity index is 1.68. The number of amides is 2. The molecule has 0 unspecified atom stereocenters. The number of hydrazone groups is 1. The van der Waals surface area contributed by atoms with Crippen molar-refractivity contribution >= 4 is 18.2 Å². The van der Waals surface area contributed by atoms with Crippen LogP contribution < -0.4 is 30.3 Å². The molecule has 0 saturated carbocycles. The van der Waals surface area contributed by atoms with Crippen molar-refractivity contribution in [2.75, 3.05) is 26.9 Å². The van der Waals surface area contributed by atoms with E-state index in [1.807, 2.05) is 6.92 Å². The average molecular weight is 529 g/mol. The number of carbonyl (C=O) groups is 2. The summed E-state index contributed by atoms with van der Waals surface area (Å²) in [5.41, 5.74) is 4.45. The zero-order valence-electron chi connectivity index (χ0n) is 21.6. The van der Waals surface area contributed by atoms with Gasteiger partial charge in [-0.05, 0) is 62.2 Å². The van der Waals surface area contributed by atoms with Gasteiger partial charge >= 0.3 is 12.0 Å². The number of methoxy groups -OCH3 is 1. The Hall–Kier alpha value is -4.45. The molecule has 12 heteroatoms. The van der Waals surface area contributed by atoms with Crippen molar-refractivity contribution in [3.63, 3.8) is 0 Å². The van der Waals surface area contributed by atoms with Crippen molar-refractivity contribution in [2.24, 2.45) is 5.10 Å². The molecular weight excluding hydrogens is 496 g/mol. The quantitative estimate of drug-likeness (QED) is 0.121. The minimum Gasteiger partial charge on any atom is -0.504 e. The normalized spacial score (nSPS) is 15.9. The largest absolute Gasteiger partial charge is 0.504 e. The van der Waals surface area contributed by atoms with E-state index in [0.29, 0.717) is 47.3 Å². The number of phenols is 1. The number of urea groups is 1. The van der Waals surface area contributed by atoms with Crippen LogP contribution in [0.15, 0.2) is 52.8 Å². The summed E-state index contributed by atoms with van der Waals surface area (Å²) in [5, 5.41) is 29.3. The molecule has 38 heavy (non-hydrogen) atoms. The fraction of sp³-hybridized carbons (Fsp3) is 0.346. The number of ether oxygens (including phenoxy) is 4. The number of benzene rings is 2. The predicted octanol–water partition coefficient (Wildman–Crippen LogP) is 2.31. The summed E-state index contributed by atoms with van der Waals surface area (Å²) in [5.74, 6) is 0.496. The molecule has 204 valence electrons. The van der Waals surface area contributed by atoms with Gasteiger partial charge in [-0.3, -0.25) is 5.43 Å². The molecule has 2 aromatic rings. The molecule has 1 aliphatic rings. The van der Waals surface area contributed by atoms with Crippen LogP contribution in [0.2, 0.25) is 0 Å². The minimum absolute atomic E-state index is 0.0247. The molecule has 2 aromatic carbocycles. The van der Waals surface area contributed by atoms with Crippen LogP contribution in [0.3, 0.4) is 0 Å². The van der Waals surface area contributed by atoms with Gasteiger partial charge in [0, 0.05) is 5.70 Å². The van der Waals surface area contributed by atoms with E-state index in [4.69, 9.17) is 18.9 Å². The SMILES string of the molecule is CCOc1cc(/C=N\N[C@@H](O)COc2ccc([C@@H]3NC(=O)NC(C)=C3C(=O)OC)cc2OCC)ccc1O. The molecule has 0 aromatic heterocycles. The van der Waals surface area contributed by atoms with E-state index in [1.54, 1.807) is 44.2 Å². The van der Waals surface area contributed by atoms with Crippen LogP contribution in [0.1, 0.15) is 37.9 Å². The van der Waals surface area contributed by atoms with Crippen LogP contribution in [0.5, 0.6) is 23.0 Å². The van der Waals surface area contributed by atoms with Crippen molar-refractivity contribution in [1.29, 1.82) is 0 Å². The van der Waals surface area contributed by atoms with Gasteiger partial charge in [-0.1, -0.05) is 6.07 Å². The van der Waals surface area contributed by atoms with Gasteiger partial charge in [-0.25, -0.2) is 9.59 Å². The zero-order valence-corrected chi connectivity index (χ0v) is 21.6. The molecule has 0 radical (unpaired) electrons. The van der Waals surface area contributed by atoms with Crippen LogP contribution in [0, 0.1) is 0 Å². The highest BCUT2D eigenvalue weighted by atomic mass is 16.5. The first kappa shape index (κ1) is 28.1. The number of hydrogen-bond acceptors (Lipinski definition) is 10. The molecule has 2 atom stereocenters. The maximum Gasteiger partial charge on any atom is 0.337 e. The van der Waals surface area contributed by atoms with Gasteiger partial charge < -0.3 is 39.8 Å². The molecule has 1 heterocycles. The minimum atomic E-state index is -1.15. The van der Waals surface area contributed by atoms with E-state index in [2.05, 4.69) is 21.2 Å². The Bertz CT molecular complexity index is 1210. The Morgan fingerprint density at radius 2 is 1.84 bits per heavy atom. The fourth-order valence-corrected chi connectivity index (χ4v) is 3.70. The number of hydrogen-bond donors (Lipinski definition) is 5. The summed E-state index contributed by atoms with van der Waals surface area (Å²) in [6.07, 6.45) is 0.317. The predicted molar refractivity (Wildman–Crippen MR) is 138 cm³/mol. The van der Waals surface area contributed by atoms with E-state index >= 15 is 0 Å². The smallest absolute Gasteiger partial charge is 0.337 e. The summed E-state index contributed by atoms with van der Waals surface area (Å²) in [4.78, 5) is 24.4. The van der Waals surface area contributed by atoms with Crippen LogP contribution in [0.4, 0.5) is 4.79 Å². The second kappa shape index (κ2) is 13.2. The first-order valence-corrected chi connectivity index (χ1v) is 12.0. The average Bonchev–Trinajstić information content (AvgIpc) is 2.89. The Morgan fingerprint density at radius 3 is 2.55 bits per heavy atom. The molecule has 0 bridgehead atoms. The van der Waals surface area contributed by atoms with E-state index in [9.17, 15) is 19.8 Å². The fourth-order valence-electron chi connectivity index (χ4n) is 3.70. The van der Waals surface area contributed by atoms with Gasteiger partial charge in [-0.2, -0.15) is 5.10 Å². The van der Waals surface area contributed by atoms with Gasteiger partial charge in [0.25, 0.3) is 0 Å². The maximum absolute atomic E-state index is 12.4. The molecule has 2 amide bonds. The molecule has 0 fully saturated rings. The first-order chi connectivity index (χ1) is 18.3. The third-order valence-electron chi connectivity index (χ3n) is 5.39.